The van der Waals surface area contributed by atoms with E-state index in [1.54, 1.807) is 18.2 Å². The minimum Gasteiger partial charge on any atom is -0.507 e. The highest BCUT2D eigenvalue weighted by Gasteiger charge is 2.14. The van der Waals surface area contributed by atoms with Crippen LogP contribution >= 0.6 is 23.2 Å². The first-order chi connectivity index (χ1) is 11.4. The molecule has 0 saturated heterocycles. The zero-order valence-corrected chi connectivity index (χ0v) is 14.5. The number of hydrogen-bond acceptors (Lipinski definition) is 4. The van der Waals surface area contributed by atoms with E-state index in [0.29, 0.717) is 22.2 Å². The summed E-state index contributed by atoms with van der Waals surface area (Å²) in [5, 5.41) is 25.2. The van der Waals surface area contributed by atoms with Gasteiger partial charge in [0, 0.05) is 23.4 Å². The second kappa shape index (κ2) is 8.24. The monoisotopic (exact) mass is 368 g/mol. The Labute approximate surface area is 150 Å². The van der Waals surface area contributed by atoms with Crippen molar-refractivity contribution in [2.45, 2.75) is 19.4 Å². The van der Waals surface area contributed by atoms with Crippen molar-refractivity contribution in [2.75, 3.05) is 17.2 Å². The Balaban J connectivity index is 2.12. The van der Waals surface area contributed by atoms with Gasteiger partial charge in [0.1, 0.15) is 5.75 Å². The van der Waals surface area contributed by atoms with E-state index < -0.39 is 5.91 Å². The number of aliphatic hydroxyl groups is 1. The number of aromatic hydroxyl groups is 1. The number of carbonyl (C=O) groups excluding carboxylic acids is 1. The quantitative estimate of drug-likeness (QED) is 0.617. The summed E-state index contributed by atoms with van der Waals surface area (Å²) < 4.78 is 0. The lowest BCUT2D eigenvalue weighted by Gasteiger charge is -2.15. The number of amides is 1. The molecule has 0 spiro atoms. The predicted molar refractivity (Wildman–Crippen MR) is 97.3 cm³/mol. The number of hydrogen-bond donors (Lipinski definition) is 4. The Morgan fingerprint density at radius 1 is 1.21 bits per heavy atom. The number of nitrogens with one attached hydrogen (secondary N) is 2. The summed E-state index contributed by atoms with van der Waals surface area (Å²) in [6, 6.07) is 9.44. The minimum absolute atomic E-state index is 0.0670. The molecular formula is C17H18Cl2N2O3. The van der Waals surface area contributed by atoms with Gasteiger partial charge in [-0.25, -0.2) is 0 Å². The molecule has 0 aromatic heterocycles. The molecule has 2 aromatic rings. The van der Waals surface area contributed by atoms with E-state index in [-0.39, 0.29) is 24.0 Å². The van der Waals surface area contributed by atoms with Crippen LogP contribution in [0, 0.1) is 0 Å². The third-order valence-electron chi connectivity index (χ3n) is 3.40. The summed E-state index contributed by atoms with van der Waals surface area (Å²) in [7, 11) is 0. The first-order valence-corrected chi connectivity index (χ1v) is 8.13. The van der Waals surface area contributed by atoms with Crippen molar-refractivity contribution < 1.29 is 15.0 Å². The lowest BCUT2D eigenvalue weighted by Crippen LogP contribution is -2.17. The molecule has 4 N–H and O–H groups in total. The van der Waals surface area contributed by atoms with Crippen LogP contribution in [0.4, 0.5) is 11.4 Å². The summed E-state index contributed by atoms with van der Waals surface area (Å²) in [5.41, 5.74) is 1.27. The van der Waals surface area contributed by atoms with Crippen molar-refractivity contribution in [1.29, 1.82) is 0 Å². The van der Waals surface area contributed by atoms with Gasteiger partial charge < -0.3 is 20.8 Å². The second-order valence-corrected chi connectivity index (χ2v) is 6.21. The maximum absolute atomic E-state index is 12.3. The molecule has 0 aliphatic rings. The molecule has 0 saturated carbocycles. The van der Waals surface area contributed by atoms with Gasteiger partial charge in [-0.05, 0) is 49.7 Å². The van der Waals surface area contributed by atoms with Gasteiger partial charge in [0.25, 0.3) is 5.91 Å². The number of benzene rings is 2. The summed E-state index contributed by atoms with van der Waals surface area (Å²) in [5.74, 6) is -0.671. The minimum atomic E-state index is -0.508. The highest BCUT2D eigenvalue weighted by Crippen LogP contribution is 2.28. The molecular weight excluding hydrogens is 351 g/mol. The average molecular weight is 369 g/mol. The van der Waals surface area contributed by atoms with Gasteiger partial charge in [0.05, 0.1) is 16.3 Å². The fraction of sp³-hybridized carbons (Fsp3) is 0.235. The fourth-order valence-corrected chi connectivity index (χ4v) is 2.54. The summed E-state index contributed by atoms with van der Waals surface area (Å²) in [4.78, 5) is 12.3. The van der Waals surface area contributed by atoms with Gasteiger partial charge in [-0.3, -0.25) is 4.79 Å². The molecule has 0 aliphatic carbocycles. The molecule has 1 amide bonds. The van der Waals surface area contributed by atoms with Crippen LogP contribution in [0.2, 0.25) is 10.0 Å². The van der Waals surface area contributed by atoms with Crippen LogP contribution in [0.25, 0.3) is 0 Å². The molecule has 0 fully saturated rings. The van der Waals surface area contributed by atoms with Crippen LogP contribution in [0.5, 0.6) is 5.75 Å². The fourth-order valence-electron chi connectivity index (χ4n) is 2.14. The van der Waals surface area contributed by atoms with Crippen molar-refractivity contribution >= 4 is 40.5 Å². The van der Waals surface area contributed by atoms with Crippen molar-refractivity contribution in [1.82, 2.24) is 0 Å². The number of phenolic OH excluding ortho intramolecular Hbond substituents is 1. The summed E-state index contributed by atoms with van der Waals surface area (Å²) in [6.45, 7) is 2.04. The van der Waals surface area contributed by atoms with Gasteiger partial charge in [-0.2, -0.15) is 0 Å². The standard InChI is InChI=1S/C17H18Cl2N2O3/c1-10(6-7-22)20-12-3-4-15(14(19)9-12)21-17(24)13-8-11(18)2-5-16(13)23/h2-5,8-10,20,22-23H,6-7H2,1H3,(H,21,24). The van der Waals surface area contributed by atoms with Crippen LogP contribution in [0.1, 0.15) is 23.7 Å². The summed E-state index contributed by atoms with van der Waals surface area (Å²) >= 11 is 12.0. The molecule has 0 aliphatic heterocycles. The van der Waals surface area contributed by atoms with Crippen LogP contribution in [-0.4, -0.2) is 28.8 Å². The first-order valence-electron chi connectivity index (χ1n) is 7.37. The van der Waals surface area contributed by atoms with E-state index in [4.69, 9.17) is 28.3 Å². The topological polar surface area (TPSA) is 81.6 Å². The molecule has 5 nitrogen and oxygen atoms in total. The molecule has 0 heterocycles. The third kappa shape index (κ3) is 4.77. The molecule has 2 aromatic carbocycles. The highest BCUT2D eigenvalue weighted by molar-refractivity contribution is 6.34. The maximum Gasteiger partial charge on any atom is 0.259 e. The lowest BCUT2D eigenvalue weighted by atomic mass is 10.1. The van der Waals surface area contributed by atoms with Crippen LogP contribution in [0.15, 0.2) is 36.4 Å². The second-order valence-electron chi connectivity index (χ2n) is 5.37. The number of rotatable bonds is 6. The molecule has 128 valence electrons. The zero-order chi connectivity index (χ0) is 17.7. The van der Waals surface area contributed by atoms with Gasteiger partial charge in [-0.1, -0.05) is 23.2 Å². The van der Waals surface area contributed by atoms with Crippen molar-refractivity contribution in [3.05, 3.63) is 52.0 Å². The normalized spacial score (nSPS) is 11.8. The Kier molecular flexibility index (Phi) is 6.31. The SMILES string of the molecule is CC(CCO)Nc1ccc(NC(=O)c2cc(Cl)ccc2O)c(Cl)c1. The Morgan fingerprint density at radius 3 is 2.62 bits per heavy atom. The van der Waals surface area contributed by atoms with Gasteiger partial charge in [0.15, 0.2) is 0 Å². The molecule has 0 radical (unpaired) electrons. The van der Waals surface area contributed by atoms with Gasteiger partial charge in [0.2, 0.25) is 0 Å². The molecule has 7 heteroatoms. The van der Waals surface area contributed by atoms with E-state index in [0.717, 1.165) is 5.69 Å². The number of carbonyl (C=O) groups is 1. The Hall–Kier alpha value is -1.95. The number of anilines is 2. The number of phenols is 1. The highest BCUT2D eigenvalue weighted by atomic mass is 35.5. The average Bonchev–Trinajstić information content (AvgIpc) is 2.52. The molecule has 1 atom stereocenters. The molecule has 1 unspecified atom stereocenters. The van der Waals surface area contributed by atoms with Crippen molar-refractivity contribution in [3.63, 3.8) is 0 Å². The predicted octanol–water partition coefficient (Wildman–Crippen LogP) is 4.13. The van der Waals surface area contributed by atoms with Crippen LogP contribution in [-0.2, 0) is 0 Å². The van der Waals surface area contributed by atoms with Crippen molar-refractivity contribution in [3.8, 4) is 5.75 Å². The molecule has 2 rings (SSSR count). The first kappa shape index (κ1) is 18.4. The van der Waals surface area contributed by atoms with Gasteiger partial charge in [-0.15, -0.1) is 0 Å². The Bertz CT molecular complexity index is 738. The smallest absolute Gasteiger partial charge is 0.259 e. The van der Waals surface area contributed by atoms with Gasteiger partial charge >= 0.3 is 0 Å². The molecule has 0 bridgehead atoms. The number of aliphatic hydroxyl groups excluding tert-OH is 1. The van der Waals surface area contributed by atoms with E-state index in [9.17, 15) is 9.90 Å². The van der Waals surface area contributed by atoms with E-state index in [2.05, 4.69) is 10.6 Å². The lowest BCUT2D eigenvalue weighted by molar-refractivity contribution is 0.102. The van der Waals surface area contributed by atoms with Crippen molar-refractivity contribution in [2.24, 2.45) is 0 Å². The van der Waals surface area contributed by atoms with E-state index >= 15 is 0 Å². The van der Waals surface area contributed by atoms with Crippen LogP contribution < -0.4 is 10.6 Å². The number of halogens is 2. The van der Waals surface area contributed by atoms with E-state index in [1.807, 2.05) is 6.92 Å². The molecule has 24 heavy (non-hydrogen) atoms. The third-order valence-corrected chi connectivity index (χ3v) is 3.94. The largest absolute Gasteiger partial charge is 0.507 e. The zero-order valence-electron chi connectivity index (χ0n) is 13.0. The van der Waals surface area contributed by atoms with E-state index in [1.165, 1.54) is 18.2 Å². The maximum atomic E-state index is 12.3. The van der Waals surface area contributed by atoms with Crippen LogP contribution in [0.3, 0.4) is 0 Å². The summed E-state index contributed by atoms with van der Waals surface area (Å²) in [6.07, 6.45) is 0.615. The Morgan fingerprint density at radius 2 is 1.96 bits per heavy atom.